The van der Waals surface area contributed by atoms with Crippen LogP contribution in [0.1, 0.15) is 49.3 Å². The topological polar surface area (TPSA) is 107 Å². The SMILES string of the molecule is CC1(C)OB(C(=Cc2ccnc(C(=O)O)c2)CNC(=O)OCc2ccccc2)OC1(C)C. The number of benzene rings is 1. The van der Waals surface area contributed by atoms with Crippen molar-refractivity contribution in [1.29, 1.82) is 0 Å². The Balaban J connectivity index is 1.76. The van der Waals surface area contributed by atoms with Crippen molar-refractivity contribution in [2.45, 2.75) is 45.5 Å². The van der Waals surface area contributed by atoms with E-state index in [9.17, 15) is 14.7 Å². The molecule has 0 spiro atoms. The molecular formula is C23H27BN2O6. The molecule has 9 heteroatoms. The minimum atomic E-state index is -1.12. The van der Waals surface area contributed by atoms with Crippen LogP contribution in [0.4, 0.5) is 4.79 Å². The number of hydrogen-bond acceptors (Lipinski definition) is 6. The number of alkyl carbamates (subject to hydrolysis) is 1. The number of aromatic carboxylic acids is 1. The lowest BCUT2D eigenvalue weighted by Crippen LogP contribution is -2.41. The van der Waals surface area contributed by atoms with Crippen LogP contribution in [0, 0.1) is 0 Å². The van der Waals surface area contributed by atoms with Crippen LogP contribution in [-0.2, 0) is 20.7 Å². The van der Waals surface area contributed by atoms with E-state index in [1.165, 1.54) is 12.3 Å². The van der Waals surface area contributed by atoms with Gasteiger partial charge in [-0.1, -0.05) is 36.4 Å². The molecule has 1 aromatic heterocycles. The number of ether oxygens (including phenoxy) is 1. The van der Waals surface area contributed by atoms with E-state index in [-0.39, 0.29) is 18.8 Å². The van der Waals surface area contributed by atoms with Crippen molar-refractivity contribution < 1.29 is 28.7 Å². The fourth-order valence-electron chi connectivity index (χ4n) is 3.01. The lowest BCUT2D eigenvalue weighted by atomic mass is 9.77. The number of nitrogens with zero attached hydrogens (tertiary/aromatic N) is 1. The summed E-state index contributed by atoms with van der Waals surface area (Å²) in [5.41, 5.74) is 0.860. The fraction of sp³-hybridized carbons (Fsp3) is 0.348. The molecule has 8 nitrogen and oxygen atoms in total. The Morgan fingerprint density at radius 3 is 2.41 bits per heavy atom. The zero-order valence-corrected chi connectivity index (χ0v) is 18.6. The summed E-state index contributed by atoms with van der Waals surface area (Å²) >= 11 is 0. The van der Waals surface area contributed by atoms with Gasteiger partial charge in [0.1, 0.15) is 12.3 Å². The maximum absolute atomic E-state index is 12.3. The third-order valence-corrected chi connectivity index (χ3v) is 5.56. The first-order chi connectivity index (χ1) is 15.1. The molecule has 0 bridgehead atoms. The third kappa shape index (κ3) is 5.75. The minimum Gasteiger partial charge on any atom is -0.477 e. The number of amides is 1. The quantitative estimate of drug-likeness (QED) is 0.635. The van der Waals surface area contributed by atoms with Gasteiger partial charge in [-0.3, -0.25) is 0 Å². The van der Waals surface area contributed by atoms with Crippen LogP contribution in [0.3, 0.4) is 0 Å². The van der Waals surface area contributed by atoms with E-state index in [1.54, 1.807) is 12.1 Å². The van der Waals surface area contributed by atoms with Crippen LogP contribution in [-0.4, -0.2) is 47.0 Å². The van der Waals surface area contributed by atoms with Crippen LogP contribution >= 0.6 is 0 Å². The first-order valence-electron chi connectivity index (χ1n) is 10.3. The Morgan fingerprint density at radius 1 is 1.12 bits per heavy atom. The summed E-state index contributed by atoms with van der Waals surface area (Å²) in [5, 5.41) is 11.9. The molecule has 0 saturated carbocycles. The smallest absolute Gasteiger partial charge is 0.477 e. The molecule has 1 saturated heterocycles. The summed E-state index contributed by atoms with van der Waals surface area (Å²) in [4.78, 5) is 27.4. The first-order valence-corrected chi connectivity index (χ1v) is 10.3. The molecule has 32 heavy (non-hydrogen) atoms. The molecule has 0 unspecified atom stereocenters. The lowest BCUT2D eigenvalue weighted by molar-refractivity contribution is 0.00578. The normalized spacial score (nSPS) is 17.1. The molecular weight excluding hydrogens is 411 g/mol. The molecule has 1 aromatic carbocycles. The van der Waals surface area contributed by atoms with E-state index in [4.69, 9.17) is 14.0 Å². The largest absolute Gasteiger partial charge is 0.492 e. The summed E-state index contributed by atoms with van der Waals surface area (Å²) in [6, 6.07) is 12.5. The van der Waals surface area contributed by atoms with Gasteiger partial charge in [0.15, 0.2) is 0 Å². The predicted molar refractivity (Wildman–Crippen MR) is 120 cm³/mol. The number of aromatic nitrogens is 1. The summed E-state index contributed by atoms with van der Waals surface area (Å²) in [5.74, 6) is -1.12. The number of carbonyl (C=O) groups is 2. The minimum absolute atomic E-state index is 0.0813. The van der Waals surface area contributed by atoms with E-state index in [0.717, 1.165) is 5.56 Å². The summed E-state index contributed by atoms with van der Waals surface area (Å²) in [6.45, 7) is 7.97. The maximum Gasteiger partial charge on any atom is 0.492 e. The average Bonchev–Trinajstić information content (AvgIpc) is 2.97. The van der Waals surface area contributed by atoms with E-state index in [2.05, 4.69) is 10.3 Å². The average molecular weight is 438 g/mol. The molecule has 1 amide bonds. The number of nitrogens with one attached hydrogen (secondary N) is 1. The number of carbonyl (C=O) groups excluding carboxylic acids is 1. The Hall–Kier alpha value is -3.17. The molecule has 1 aliphatic heterocycles. The van der Waals surface area contributed by atoms with Crippen LogP contribution in [0.5, 0.6) is 0 Å². The molecule has 2 N–H and O–H groups in total. The lowest BCUT2D eigenvalue weighted by Gasteiger charge is -2.32. The van der Waals surface area contributed by atoms with Gasteiger partial charge in [0, 0.05) is 12.7 Å². The highest BCUT2D eigenvalue weighted by Gasteiger charge is 2.52. The number of carboxylic acids is 1. The van der Waals surface area contributed by atoms with Crippen molar-refractivity contribution in [2.24, 2.45) is 0 Å². The van der Waals surface area contributed by atoms with Crippen molar-refractivity contribution in [1.82, 2.24) is 10.3 Å². The fourth-order valence-corrected chi connectivity index (χ4v) is 3.01. The summed E-state index contributed by atoms with van der Waals surface area (Å²) in [7, 11) is -0.726. The van der Waals surface area contributed by atoms with Crippen LogP contribution in [0.15, 0.2) is 54.1 Å². The maximum atomic E-state index is 12.3. The van der Waals surface area contributed by atoms with E-state index >= 15 is 0 Å². The van der Waals surface area contributed by atoms with Crippen molar-refractivity contribution in [3.8, 4) is 0 Å². The molecule has 1 aliphatic rings. The highest BCUT2D eigenvalue weighted by molar-refractivity contribution is 6.56. The van der Waals surface area contributed by atoms with E-state index < -0.39 is 30.4 Å². The van der Waals surface area contributed by atoms with Gasteiger partial charge in [0.25, 0.3) is 0 Å². The van der Waals surface area contributed by atoms with Crippen molar-refractivity contribution in [2.75, 3.05) is 6.54 Å². The first kappa shape index (κ1) is 23.5. The molecule has 1 fully saturated rings. The number of rotatable bonds is 7. The van der Waals surface area contributed by atoms with Crippen LogP contribution < -0.4 is 5.32 Å². The third-order valence-electron chi connectivity index (χ3n) is 5.56. The van der Waals surface area contributed by atoms with Gasteiger partial charge in [-0.25, -0.2) is 14.6 Å². The van der Waals surface area contributed by atoms with Gasteiger partial charge in [0.2, 0.25) is 0 Å². The van der Waals surface area contributed by atoms with E-state index in [1.807, 2.05) is 58.0 Å². The monoisotopic (exact) mass is 438 g/mol. The van der Waals surface area contributed by atoms with E-state index in [0.29, 0.717) is 11.0 Å². The van der Waals surface area contributed by atoms with Crippen molar-refractivity contribution in [3.63, 3.8) is 0 Å². The summed E-state index contributed by atoms with van der Waals surface area (Å²) in [6.07, 6.45) is 2.56. The highest BCUT2D eigenvalue weighted by atomic mass is 16.7. The Kier molecular flexibility index (Phi) is 7.01. The second-order valence-electron chi connectivity index (χ2n) is 8.50. The molecule has 0 aliphatic carbocycles. The predicted octanol–water partition coefficient (Wildman–Crippen LogP) is 3.72. The second-order valence-corrected chi connectivity index (χ2v) is 8.50. The molecule has 2 heterocycles. The molecule has 2 aromatic rings. The van der Waals surface area contributed by atoms with Crippen LogP contribution in [0.25, 0.3) is 6.08 Å². The number of carboxylic acid groups (broad SMARTS) is 1. The van der Waals surface area contributed by atoms with Crippen LogP contribution in [0.2, 0.25) is 0 Å². The van der Waals surface area contributed by atoms with Gasteiger partial charge in [-0.2, -0.15) is 0 Å². The summed E-state index contributed by atoms with van der Waals surface area (Å²) < 4.78 is 17.5. The zero-order valence-electron chi connectivity index (χ0n) is 18.6. The Bertz CT molecular complexity index is 991. The molecule has 0 atom stereocenters. The second kappa shape index (κ2) is 9.54. The number of pyridine rings is 1. The number of hydrogen-bond donors (Lipinski definition) is 2. The Labute approximate surface area is 187 Å². The van der Waals surface area contributed by atoms with Gasteiger partial charge < -0.3 is 24.5 Å². The van der Waals surface area contributed by atoms with Gasteiger partial charge in [-0.05, 0) is 56.4 Å². The zero-order chi connectivity index (χ0) is 23.4. The highest BCUT2D eigenvalue weighted by Crippen LogP contribution is 2.38. The van der Waals surface area contributed by atoms with Gasteiger partial charge in [0.05, 0.1) is 11.2 Å². The molecule has 168 valence electrons. The Morgan fingerprint density at radius 2 is 1.78 bits per heavy atom. The standard InChI is InChI=1S/C23H27BN2O6/c1-22(2)23(3,4)32-24(31-22)18(12-17-10-11-25-19(13-17)20(27)28)14-26-21(29)30-15-16-8-6-5-7-9-16/h5-13H,14-15H2,1-4H3,(H,26,29)(H,27,28). The molecule has 3 rings (SSSR count). The van der Waals surface area contributed by atoms with Gasteiger partial charge >= 0.3 is 19.2 Å². The van der Waals surface area contributed by atoms with Crippen molar-refractivity contribution in [3.05, 3.63) is 71.0 Å². The van der Waals surface area contributed by atoms with Gasteiger partial charge in [-0.15, -0.1) is 0 Å². The van der Waals surface area contributed by atoms with Crippen molar-refractivity contribution >= 4 is 25.3 Å². The molecule has 0 radical (unpaired) electrons.